The third kappa shape index (κ3) is 2.41. The number of aromatic nitrogens is 2. The maximum absolute atomic E-state index is 12.6. The van der Waals surface area contributed by atoms with Crippen LogP contribution in [0.1, 0.15) is 40.5 Å². The van der Waals surface area contributed by atoms with E-state index in [1.165, 1.54) is 18.7 Å². The van der Waals surface area contributed by atoms with Crippen molar-refractivity contribution in [3.8, 4) is 5.75 Å². The van der Waals surface area contributed by atoms with Gasteiger partial charge in [0.05, 0.1) is 0 Å². The molecule has 1 aliphatic carbocycles. The zero-order valence-corrected chi connectivity index (χ0v) is 14.2. The van der Waals surface area contributed by atoms with Crippen LogP contribution >= 0.6 is 0 Å². The molecule has 0 aromatic carbocycles. The largest absolute Gasteiger partial charge is 0.505 e. The summed E-state index contributed by atoms with van der Waals surface area (Å²) in [5, 5.41) is 21.8. The summed E-state index contributed by atoms with van der Waals surface area (Å²) >= 11 is 0. The first-order chi connectivity index (χ1) is 11.8. The average molecular weight is 345 g/mol. The first-order valence-corrected chi connectivity index (χ1v) is 7.92. The molecule has 1 atom stereocenters. The predicted molar refractivity (Wildman–Crippen MR) is 91.0 cm³/mol. The van der Waals surface area contributed by atoms with Gasteiger partial charge in [-0.05, 0) is 32.3 Å². The molecule has 0 unspecified atom stereocenters. The molecule has 132 valence electrons. The lowest BCUT2D eigenvalue weighted by molar-refractivity contribution is -0.138. The second-order valence-corrected chi connectivity index (χ2v) is 6.16. The van der Waals surface area contributed by atoms with Crippen LogP contribution in [0.4, 0.5) is 0 Å². The van der Waals surface area contributed by atoms with Crippen LogP contribution in [0.15, 0.2) is 10.9 Å². The van der Waals surface area contributed by atoms with Gasteiger partial charge in [0.15, 0.2) is 5.75 Å². The van der Waals surface area contributed by atoms with Gasteiger partial charge in [-0.2, -0.15) is 0 Å². The Balaban J connectivity index is 2.29. The molecule has 0 saturated carbocycles. The van der Waals surface area contributed by atoms with E-state index in [1.807, 2.05) is 19.1 Å². The molecule has 8 heteroatoms. The quantitative estimate of drug-likeness (QED) is 0.762. The van der Waals surface area contributed by atoms with E-state index >= 15 is 0 Å². The Kier molecular flexibility index (Phi) is 3.90. The van der Waals surface area contributed by atoms with Crippen molar-refractivity contribution in [2.24, 2.45) is 7.05 Å². The monoisotopic (exact) mass is 345 g/mol. The third-order valence-corrected chi connectivity index (χ3v) is 4.61. The molecule has 0 aliphatic heterocycles. The number of carbonyl (C=O) groups excluding carboxylic acids is 1. The van der Waals surface area contributed by atoms with Gasteiger partial charge in [-0.15, -0.1) is 0 Å². The van der Waals surface area contributed by atoms with Gasteiger partial charge in [0, 0.05) is 18.3 Å². The molecule has 0 bridgehead atoms. The molecule has 0 radical (unpaired) electrons. The van der Waals surface area contributed by atoms with Crippen molar-refractivity contribution < 1.29 is 19.8 Å². The maximum atomic E-state index is 12.6. The van der Waals surface area contributed by atoms with Crippen LogP contribution in [-0.2, 0) is 18.3 Å². The second-order valence-electron chi connectivity index (χ2n) is 6.16. The maximum Gasteiger partial charge on any atom is 0.325 e. The minimum atomic E-state index is -1.23. The van der Waals surface area contributed by atoms with Crippen LogP contribution in [-0.4, -0.2) is 37.3 Å². The predicted octanol–water partition coefficient (Wildman–Crippen LogP) is 0.814. The molecule has 25 heavy (non-hydrogen) atoms. The first kappa shape index (κ1) is 16.8. The number of hydrogen-bond acceptors (Lipinski definition) is 4. The molecule has 0 fully saturated rings. The first-order valence-electron chi connectivity index (χ1n) is 7.92. The van der Waals surface area contributed by atoms with E-state index in [2.05, 4.69) is 5.32 Å². The van der Waals surface area contributed by atoms with Gasteiger partial charge >= 0.3 is 5.97 Å². The number of aromatic hydroxyl groups is 1. The number of rotatable bonds is 3. The fourth-order valence-corrected chi connectivity index (χ4v) is 3.28. The smallest absolute Gasteiger partial charge is 0.325 e. The molecule has 2 aromatic rings. The number of carbonyl (C=O) groups is 2. The lowest BCUT2D eigenvalue weighted by Crippen LogP contribution is -2.42. The van der Waals surface area contributed by atoms with Crippen molar-refractivity contribution in [3.63, 3.8) is 0 Å². The molecule has 1 amide bonds. The Bertz CT molecular complexity index is 996. The van der Waals surface area contributed by atoms with Crippen LogP contribution in [0.2, 0.25) is 0 Å². The third-order valence-electron chi connectivity index (χ3n) is 4.61. The van der Waals surface area contributed by atoms with E-state index in [9.17, 15) is 19.5 Å². The van der Waals surface area contributed by atoms with E-state index in [-0.39, 0.29) is 0 Å². The van der Waals surface area contributed by atoms with E-state index in [1.54, 1.807) is 4.52 Å². The van der Waals surface area contributed by atoms with Gasteiger partial charge in [0.2, 0.25) is 0 Å². The zero-order valence-electron chi connectivity index (χ0n) is 14.2. The number of nitrogens with zero attached hydrogens (tertiary/aromatic N) is 2. The molecular formula is C17H19N3O5. The summed E-state index contributed by atoms with van der Waals surface area (Å²) in [6.07, 6.45) is 5.49. The number of aliphatic carboxylic acids is 1. The number of carboxylic acids is 1. The highest BCUT2D eigenvalue weighted by Crippen LogP contribution is 2.34. The zero-order chi connectivity index (χ0) is 18.5. The van der Waals surface area contributed by atoms with Crippen molar-refractivity contribution >= 4 is 23.5 Å². The number of nitrogens with one attached hydrogen (secondary N) is 1. The van der Waals surface area contributed by atoms with Gasteiger partial charge in [-0.25, -0.2) is 4.68 Å². The number of amides is 1. The summed E-state index contributed by atoms with van der Waals surface area (Å²) in [5.74, 6) is -2.58. The summed E-state index contributed by atoms with van der Waals surface area (Å²) in [4.78, 5) is 36.0. The number of fused-ring (bicyclic) bond motifs is 3. The Hall–Kier alpha value is -3.03. The van der Waals surface area contributed by atoms with Gasteiger partial charge < -0.3 is 15.5 Å². The van der Waals surface area contributed by atoms with Gasteiger partial charge in [0.25, 0.3) is 11.5 Å². The van der Waals surface area contributed by atoms with Crippen molar-refractivity contribution in [1.82, 2.24) is 14.5 Å². The minimum absolute atomic E-state index is 0.374. The van der Waals surface area contributed by atoms with Crippen LogP contribution in [0.5, 0.6) is 5.75 Å². The number of carboxylic acid groups (broad SMARTS) is 1. The summed E-state index contributed by atoms with van der Waals surface area (Å²) in [6.45, 7) is 3.14. The Morgan fingerprint density at radius 1 is 1.36 bits per heavy atom. The molecule has 8 nitrogen and oxygen atoms in total. The number of aryl methyl sites for hydroxylation is 2. The molecule has 3 rings (SSSR count). The van der Waals surface area contributed by atoms with Crippen LogP contribution in [0, 0.1) is 6.92 Å². The van der Waals surface area contributed by atoms with Gasteiger partial charge in [0.1, 0.15) is 17.1 Å². The van der Waals surface area contributed by atoms with E-state index < -0.39 is 34.8 Å². The highest BCUT2D eigenvalue weighted by molar-refractivity contribution is 6.01. The molecule has 0 saturated heterocycles. The minimum Gasteiger partial charge on any atom is -0.505 e. The van der Waals surface area contributed by atoms with E-state index in [0.29, 0.717) is 5.52 Å². The van der Waals surface area contributed by atoms with Crippen molar-refractivity contribution in [1.29, 1.82) is 0 Å². The molecule has 2 aromatic heterocycles. The fraction of sp³-hybridized carbons (Fsp3) is 0.353. The van der Waals surface area contributed by atoms with Crippen molar-refractivity contribution in [2.75, 3.05) is 0 Å². The molecule has 2 heterocycles. The summed E-state index contributed by atoms with van der Waals surface area (Å²) in [7, 11) is 1.51. The standard InChI is InChI=1S/C17H19N3O5/c1-8(17(24)25)18-15(22)12-14(21)13-11-7-5-4-6-10(11)9(2)20(13)19(3)16(12)23/h5,7-8,21H,4,6H2,1-3H3,(H,18,22)(H,24,25)/t8-/m0/s1. The highest BCUT2D eigenvalue weighted by Gasteiger charge is 2.28. The molecule has 1 aliphatic rings. The SMILES string of the molecule is Cc1c2c(c3c(O)c(C(=O)N[C@@H](C)C(=O)O)c(=O)n(C)n13)C=CCC2. The normalized spacial score (nSPS) is 14.4. The summed E-state index contributed by atoms with van der Waals surface area (Å²) in [5.41, 5.74) is 1.84. The lowest BCUT2D eigenvalue weighted by atomic mass is 9.98. The molecule has 0 spiro atoms. The Morgan fingerprint density at radius 2 is 2.04 bits per heavy atom. The van der Waals surface area contributed by atoms with Gasteiger partial charge in [-0.1, -0.05) is 12.2 Å². The summed E-state index contributed by atoms with van der Waals surface area (Å²) in [6, 6.07) is -1.19. The van der Waals surface area contributed by atoms with Crippen LogP contribution in [0.3, 0.4) is 0 Å². The number of hydrogen-bond donors (Lipinski definition) is 3. The topological polar surface area (TPSA) is 113 Å². The van der Waals surface area contributed by atoms with Crippen molar-refractivity contribution in [2.45, 2.75) is 32.7 Å². The molecule has 3 N–H and O–H groups in total. The van der Waals surface area contributed by atoms with E-state index in [4.69, 9.17) is 5.11 Å². The Labute approximate surface area is 143 Å². The lowest BCUT2D eigenvalue weighted by Gasteiger charge is -2.14. The van der Waals surface area contributed by atoms with Gasteiger partial charge in [-0.3, -0.25) is 18.9 Å². The average Bonchev–Trinajstić information content (AvgIpc) is 2.86. The van der Waals surface area contributed by atoms with Crippen molar-refractivity contribution in [3.05, 3.63) is 38.8 Å². The highest BCUT2D eigenvalue weighted by atomic mass is 16.4. The number of allylic oxidation sites excluding steroid dienone is 1. The van der Waals surface area contributed by atoms with E-state index in [0.717, 1.165) is 29.7 Å². The molecular weight excluding hydrogens is 326 g/mol. The fourth-order valence-electron chi connectivity index (χ4n) is 3.28. The van der Waals surface area contributed by atoms with Crippen LogP contribution in [0.25, 0.3) is 11.6 Å². The van der Waals surface area contributed by atoms with Crippen LogP contribution < -0.4 is 10.9 Å². The Morgan fingerprint density at radius 3 is 2.68 bits per heavy atom. The summed E-state index contributed by atoms with van der Waals surface area (Å²) < 4.78 is 2.85. The second kappa shape index (κ2) is 5.80.